The highest BCUT2D eigenvalue weighted by molar-refractivity contribution is 5.25. The second-order valence-corrected chi connectivity index (χ2v) is 2.96. The first-order valence-corrected chi connectivity index (χ1v) is 4.10. The van der Waals surface area contributed by atoms with Crippen LogP contribution in [0, 0.1) is 18.8 Å². The van der Waals surface area contributed by atoms with Crippen LogP contribution in [0.4, 0.5) is 13.2 Å². The van der Waals surface area contributed by atoms with Gasteiger partial charge >= 0.3 is 6.18 Å². The summed E-state index contributed by atoms with van der Waals surface area (Å²) in [5.41, 5.74) is 1.88. The Morgan fingerprint density at radius 3 is 2.21 bits per heavy atom. The fourth-order valence-corrected chi connectivity index (χ4v) is 0.952. The molecule has 0 saturated carbocycles. The quantitative estimate of drug-likeness (QED) is 0.608. The largest absolute Gasteiger partial charge is 0.457 e. The molecule has 0 aliphatic carbocycles. The van der Waals surface area contributed by atoms with Crippen LogP contribution in [-0.2, 0) is 6.42 Å². The second-order valence-electron chi connectivity index (χ2n) is 2.96. The Kier molecular flexibility index (Phi) is 3.19. The van der Waals surface area contributed by atoms with Gasteiger partial charge in [0, 0.05) is 12.3 Å². The topological polar surface area (TPSA) is 0 Å². The zero-order chi connectivity index (χ0) is 10.6. The van der Waals surface area contributed by atoms with Gasteiger partial charge in [-0.1, -0.05) is 35.7 Å². The summed E-state index contributed by atoms with van der Waals surface area (Å²) in [4.78, 5) is 0. The summed E-state index contributed by atoms with van der Waals surface area (Å²) in [5, 5.41) is 0. The SMILES string of the molecule is Cc1ccc(CC#CC(F)(F)F)cc1. The zero-order valence-electron chi connectivity index (χ0n) is 7.65. The van der Waals surface area contributed by atoms with Crippen LogP contribution in [0.5, 0.6) is 0 Å². The maximum atomic E-state index is 11.6. The van der Waals surface area contributed by atoms with Crippen molar-refractivity contribution in [1.82, 2.24) is 0 Å². The van der Waals surface area contributed by atoms with Crippen LogP contribution in [0.25, 0.3) is 0 Å². The summed E-state index contributed by atoms with van der Waals surface area (Å²) < 4.78 is 34.9. The number of hydrogen-bond acceptors (Lipinski definition) is 0. The third-order valence-electron chi connectivity index (χ3n) is 1.64. The first kappa shape index (κ1) is 10.6. The van der Waals surface area contributed by atoms with Crippen molar-refractivity contribution in [2.45, 2.75) is 19.5 Å². The van der Waals surface area contributed by atoms with E-state index >= 15 is 0 Å². The summed E-state index contributed by atoms with van der Waals surface area (Å²) in [5.74, 6) is 3.32. The van der Waals surface area contributed by atoms with Gasteiger partial charge in [0.05, 0.1) is 0 Å². The molecule has 0 aliphatic rings. The van der Waals surface area contributed by atoms with Crippen LogP contribution in [0.15, 0.2) is 24.3 Å². The van der Waals surface area contributed by atoms with Crippen LogP contribution in [0.2, 0.25) is 0 Å². The molecular formula is C11H9F3. The highest BCUT2D eigenvalue weighted by Gasteiger charge is 2.22. The molecule has 0 saturated heterocycles. The molecule has 0 aromatic heterocycles. The van der Waals surface area contributed by atoms with Gasteiger partial charge in [-0.15, -0.1) is 0 Å². The van der Waals surface area contributed by atoms with Gasteiger partial charge < -0.3 is 0 Å². The van der Waals surface area contributed by atoms with Gasteiger partial charge in [-0.25, -0.2) is 0 Å². The Morgan fingerprint density at radius 2 is 1.71 bits per heavy atom. The van der Waals surface area contributed by atoms with Crippen LogP contribution >= 0.6 is 0 Å². The van der Waals surface area contributed by atoms with Crippen molar-refractivity contribution in [3.63, 3.8) is 0 Å². The number of rotatable bonds is 1. The Balaban J connectivity index is 2.61. The van der Waals surface area contributed by atoms with E-state index in [1.165, 1.54) is 5.92 Å². The standard InChI is InChI=1S/C11H9F3/c1-9-4-6-10(7-5-9)3-2-8-11(12,13)14/h4-7H,3H2,1H3. The number of benzene rings is 1. The minimum atomic E-state index is -4.38. The van der Waals surface area contributed by atoms with Crippen LogP contribution in [-0.4, -0.2) is 6.18 Å². The molecule has 0 amide bonds. The molecule has 3 heteroatoms. The van der Waals surface area contributed by atoms with E-state index in [1.54, 1.807) is 12.1 Å². The number of hydrogen-bond donors (Lipinski definition) is 0. The van der Waals surface area contributed by atoms with Crippen molar-refractivity contribution in [2.24, 2.45) is 0 Å². The summed E-state index contributed by atoms with van der Waals surface area (Å²) in [6.07, 6.45) is -4.25. The number of aryl methyl sites for hydroxylation is 1. The Bertz CT molecular complexity index is 349. The Morgan fingerprint density at radius 1 is 1.14 bits per heavy atom. The minimum absolute atomic E-state index is 0.139. The first-order valence-electron chi connectivity index (χ1n) is 4.10. The zero-order valence-corrected chi connectivity index (χ0v) is 7.65. The molecule has 0 spiro atoms. The molecule has 14 heavy (non-hydrogen) atoms. The predicted molar refractivity (Wildman–Crippen MR) is 48.7 cm³/mol. The van der Waals surface area contributed by atoms with E-state index in [-0.39, 0.29) is 6.42 Å². The van der Waals surface area contributed by atoms with E-state index in [4.69, 9.17) is 0 Å². The minimum Gasteiger partial charge on any atom is -0.159 e. The van der Waals surface area contributed by atoms with Crippen LogP contribution in [0.1, 0.15) is 11.1 Å². The molecule has 0 unspecified atom stereocenters. The predicted octanol–water partition coefficient (Wildman–Crippen LogP) is 3.10. The average molecular weight is 198 g/mol. The van der Waals surface area contributed by atoms with Crippen molar-refractivity contribution in [2.75, 3.05) is 0 Å². The number of alkyl halides is 3. The van der Waals surface area contributed by atoms with E-state index < -0.39 is 6.18 Å². The van der Waals surface area contributed by atoms with E-state index in [0.717, 1.165) is 11.1 Å². The Hall–Kier alpha value is -1.43. The summed E-state index contributed by atoms with van der Waals surface area (Å²) >= 11 is 0. The van der Waals surface area contributed by atoms with Crippen molar-refractivity contribution < 1.29 is 13.2 Å². The fourth-order valence-electron chi connectivity index (χ4n) is 0.952. The lowest BCUT2D eigenvalue weighted by atomic mass is 10.1. The number of halogens is 3. The van der Waals surface area contributed by atoms with Crippen molar-refractivity contribution >= 4 is 0 Å². The fraction of sp³-hybridized carbons (Fsp3) is 0.273. The van der Waals surface area contributed by atoms with E-state index in [9.17, 15) is 13.2 Å². The normalized spacial score (nSPS) is 10.6. The van der Waals surface area contributed by atoms with Crippen LogP contribution < -0.4 is 0 Å². The third kappa shape index (κ3) is 3.99. The van der Waals surface area contributed by atoms with Gasteiger partial charge in [0.2, 0.25) is 0 Å². The highest BCUT2D eigenvalue weighted by Crippen LogP contribution is 2.12. The van der Waals surface area contributed by atoms with Gasteiger partial charge in [-0.05, 0) is 12.5 Å². The second kappa shape index (κ2) is 4.19. The van der Waals surface area contributed by atoms with Crippen LogP contribution in [0.3, 0.4) is 0 Å². The van der Waals surface area contributed by atoms with E-state index in [2.05, 4.69) is 5.92 Å². The molecule has 0 fully saturated rings. The molecule has 74 valence electrons. The maximum absolute atomic E-state index is 11.6. The summed E-state index contributed by atoms with van der Waals surface area (Å²) in [6, 6.07) is 7.26. The smallest absolute Gasteiger partial charge is 0.159 e. The molecule has 0 nitrogen and oxygen atoms in total. The van der Waals surface area contributed by atoms with E-state index in [0.29, 0.717) is 0 Å². The average Bonchev–Trinajstić information content (AvgIpc) is 2.06. The maximum Gasteiger partial charge on any atom is 0.457 e. The van der Waals surface area contributed by atoms with Gasteiger partial charge in [-0.2, -0.15) is 13.2 Å². The van der Waals surface area contributed by atoms with Gasteiger partial charge in [0.15, 0.2) is 0 Å². The van der Waals surface area contributed by atoms with E-state index in [1.807, 2.05) is 19.1 Å². The third-order valence-corrected chi connectivity index (χ3v) is 1.64. The molecule has 0 heterocycles. The highest BCUT2D eigenvalue weighted by atomic mass is 19.4. The molecule has 0 bridgehead atoms. The van der Waals surface area contributed by atoms with Gasteiger partial charge in [0.25, 0.3) is 0 Å². The molecule has 0 N–H and O–H groups in total. The van der Waals surface area contributed by atoms with Crippen molar-refractivity contribution in [1.29, 1.82) is 0 Å². The first-order chi connectivity index (χ1) is 6.47. The molecule has 0 aliphatic heterocycles. The lowest BCUT2D eigenvalue weighted by Gasteiger charge is -1.96. The monoisotopic (exact) mass is 198 g/mol. The Labute approximate surface area is 80.8 Å². The van der Waals surface area contributed by atoms with Crippen molar-refractivity contribution in [3.05, 3.63) is 35.4 Å². The molecule has 1 aromatic carbocycles. The molecular weight excluding hydrogens is 189 g/mol. The lowest BCUT2D eigenvalue weighted by molar-refractivity contribution is -0.0697. The summed E-state index contributed by atoms with van der Waals surface area (Å²) in [6.45, 7) is 1.92. The van der Waals surface area contributed by atoms with Crippen molar-refractivity contribution in [3.8, 4) is 11.8 Å². The summed E-state index contributed by atoms with van der Waals surface area (Å²) in [7, 11) is 0. The molecule has 1 rings (SSSR count). The molecule has 0 atom stereocenters. The molecule has 0 radical (unpaired) electrons. The lowest BCUT2D eigenvalue weighted by Crippen LogP contribution is -2.01. The van der Waals surface area contributed by atoms with Gasteiger partial charge in [0.1, 0.15) is 0 Å². The molecule has 1 aromatic rings. The van der Waals surface area contributed by atoms with Gasteiger partial charge in [-0.3, -0.25) is 0 Å².